The first-order valence-electron chi connectivity index (χ1n) is 10.6. The SMILES string of the molecule is CCN1CNc2cc3c(N(Cc4ccccc4)C4CCCNC4)ncnc3cc21. The van der Waals surface area contributed by atoms with Crippen molar-refractivity contribution in [1.29, 1.82) is 0 Å². The van der Waals surface area contributed by atoms with Crippen LogP contribution in [0.15, 0.2) is 48.8 Å². The van der Waals surface area contributed by atoms with Crippen molar-refractivity contribution in [2.75, 3.05) is 41.4 Å². The average Bonchev–Trinajstić information content (AvgIpc) is 3.19. The van der Waals surface area contributed by atoms with Crippen molar-refractivity contribution in [3.63, 3.8) is 0 Å². The lowest BCUT2D eigenvalue weighted by Gasteiger charge is -2.36. The molecule has 1 aromatic heterocycles. The Kier molecular flexibility index (Phi) is 4.94. The fourth-order valence-corrected chi connectivity index (χ4v) is 4.51. The monoisotopic (exact) mass is 388 g/mol. The highest BCUT2D eigenvalue weighted by molar-refractivity contribution is 5.97. The van der Waals surface area contributed by atoms with Gasteiger partial charge in [-0.1, -0.05) is 30.3 Å². The minimum Gasteiger partial charge on any atom is -0.366 e. The van der Waals surface area contributed by atoms with Crippen LogP contribution in [0.3, 0.4) is 0 Å². The van der Waals surface area contributed by atoms with Crippen molar-refractivity contribution in [3.05, 3.63) is 54.4 Å². The molecule has 6 nitrogen and oxygen atoms in total. The molecule has 0 amide bonds. The number of fused-ring (bicyclic) bond motifs is 2. The maximum Gasteiger partial charge on any atom is 0.140 e. The van der Waals surface area contributed by atoms with Crippen molar-refractivity contribution in [1.82, 2.24) is 15.3 Å². The Hall–Kier alpha value is -2.86. The van der Waals surface area contributed by atoms with Crippen molar-refractivity contribution < 1.29 is 0 Å². The molecule has 0 radical (unpaired) electrons. The second-order valence-corrected chi connectivity index (χ2v) is 7.89. The minimum absolute atomic E-state index is 0.426. The van der Waals surface area contributed by atoms with Crippen molar-refractivity contribution in [2.45, 2.75) is 32.4 Å². The van der Waals surface area contributed by atoms with E-state index in [1.165, 1.54) is 29.8 Å². The highest BCUT2D eigenvalue weighted by atomic mass is 15.3. The first kappa shape index (κ1) is 18.2. The number of nitrogens with zero attached hydrogens (tertiary/aromatic N) is 4. The number of anilines is 3. The van der Waals surface area contributed by atoms with Gasteiger partial charge >= 0.3 is 0 Å². The van der Waals surface area contributed by atoms with Gasteiger partial charge in [-0.25, -0.2) is 9.97 Å². The molecule has 2 aliphatic heterocycles. The van der Waals surface area contributed by atoms with Gasteiger partial charge in [-0.3, -0.25) is 0 Å². The molecule has 1 saturated heterocycles. The van der Waals surface area contributed by atoms with E-state index in [9.17, 15) is 0 Å². The molecule has 29 heavy (non-hydrogen) atoms. The van der Waals surface area contributed by atoms with E-state index in [2.05, 4.69) is 74.8 Å². The van der Waals surface area contributed by atoms with E-state index in [1.54, 1.807) is 6.33 Å². The molecular weight excluding hydrogens is 360 g/mol. The van der Waals surface area contributed by atoms with E-state index < -0.39 is 0 Å². The second kappa shape index (κ2) is 7.87. The summed E-state index contributed by atoms with van der Waals surface area (Å²) in [5.74, 6) is 1.03. The first-order chi connectivity index (χ1) is 14.3. The summed E-state index contributed by atoms with van der Waals surface area (Å²) in [5, 5.41) is 8.22. The predicted molar refractivity (Wildman–Crippen MR) is 120 cm³/mol. The Bertz CT molecular complexity index is 983. The molecule has 1 fully saturated rings. The molecule has 1 atom stereocenters. The van der Waals surface area contributed by atoms with Crippen molar-refractivity contribution in [2.24, 2.45) is 0 Å². The standard InChI is InChI=1S/C23H28N6/c1-2-28-16-27-21-11-19-20(12-22(21)28)25-15-26-23(19)29(18-9-6-10-24-13-18)14-17-7-4-3-5-8-17/h3-5,7-8,11-12,15,18,24,27H,2,6,9-10,13-14,16H2,1H3. The third kappa shape index (κ3) is 3.49. The summed E-state index contributed by atoms with van der Waals surface area (Å²) in [6.07, 6.45) is 4.09. The van der Waals surface area contributed by atoms with Gasteiger partial charge < -0.3 is 20.4 Å². The minimum atomic E-state index is 0.426. The maximum absolute atomic E-state index is 4.79. The van der Waals surface area contributed by atoms with Gasteiger partial charge in [0.05, 0.1) is 23.6 Å². The van der Waals surface area contributed by atoms with Crippen LogP contribution < -0.4 is 20.4 Å². The zero-order valence-corrected chi connectivity index (χ0v) is 16.9. The zero-order chi connectivity index (χ0) is 19.6. The van der Waals surface area contributed by atoms with Crippen molar-refractivity contribution >= 4 is 28.1 Å². The van der Waals surface area contributed by atoms with Gasteiger partial charge in [0, 0.05) is 31.1 Å². The molecule has 3 heterocycles. The van der Waals surface area contributed by atoms with E-state index in [0.29, 0.717) is 6.04 Å². The maximum atomic E-state index is 4.79. The molecule has 2 aromatic carbocycles. The van der Waals surface area contributed by atoms with E-state index in [1.807, 2.05) is 0 Å². The molecular formula is C23H28N6. The topological polar surface area (TPSA) is 56.3 Å². The van der Waals surface area contributed by atoms with Crippen LogP contribution in [0, 0.1) is 0 Å². The number of aromatic nitrogens is 2. The highest BCUT2D eigenvalue weighted by Crippen LogP contribution is 2.38. The molecule has 2 aliphatic rings. The smallest absolute Gasteiger partial charge is 0.140 e. The summed E-state index contributed by atoms with van der Waals surface area (Å²) >= 11 is 0. The van der Waals surface area contributed by atoms with Crippen LogP contribution in [0.4, 0.5) is 17.2 Å². The summed E-state index contributed by atoms with van der Waals surface area (Å²) in [6, 6.07) is 15.6. The molecule has 6 heteroatoms. The Labute approximate surface area is 172 Å². The third-order valence-electron chi connectivity index (χ3n) is 6.09. The molecule has 3 aromatic rings. The fraction of sp³-hybridized carbons (Fsp3) is 0.391. The van der Waals surface area contributed by atoms with Crippen LogP contribution in [0.1, 0.15) is 25.3 Å². The Morgan fingerprint density at radius 2 is 2.07 bits per heavy atom. The van der Waals surface area contributed by atoms with Crippen LogP contribution in [-0.4, -0.2) is 42.3 Å². The molecule has 150 valence electrons. The fourth-order valence-electron chi connectivity index (χ4n) is 4.51. The van der Waals surface area contributed by atoms with Gasteiger partial charge in [-0.05, 0) is 44.0 Å². The first-order valence-corrected chi connectivity index (χ1v) is 10.6. The van der Waals surface area contributed by atoms with E-state index in [-0.39, 0.29) is 0 Å². The molecule has 0 aliphatic carbocycles. The van der Waals surface area contributed by atoms with Crippen molar-refractivity contribution in [3.8, 4) is 0 Å². The number of rotatable bonds is 5. The number of nitrogens with one attached hydrogen (secondary N) is 2. The zero-order valence-electron chi connectivity index (χ0n) is 16.9. The number of piperidine rings is 1. The number of hydrogen-bond donors (Lipinski definition) is 2. The second-order valence-electron chi connectivity index (χ2n) is 7.89. The number of benzene rings is 2. The van der Waals surface area contributed by atoms with Gasteiger partial charge in [0.2, 0.25) is 0 Å². The Morgan fingerprint density at radius 1 is 1.17 bits per heavy atom. The van der Waals surface area contributed by atoms with Crippen LogP contribution >= 0.6 is 0 Å². The lowest BCUT2D eigenvalue weighted by molar-refractivity contribution is 0.428. The molecule has 2 N–H and O–H groups in total. The summed E-state index contributed by atoms with van der Waals surface area (Å²) in [4.78, 5) is 14.2. The summed E-state index contributed by atoms with van der Waals surface area (Å²) in [6.45, 7) is 6.97. The quantitative estimate of drug-likeness (QED) is 0.697. The molecule has 0 bridgehead atoms. The Balaban J connectivity index is 1.59. The van der Waals surface area contributed by atoms with Gasteiger partial charge in [0.25, 0.3) is 0 Å². The van der Waals surface area contributed by atoms with Gasteiger partial charge in [-0.2, -0.15) is 0 Å². The largest absolute Gasteiger partial charge is 0.366 e. The Morgan fingerprint density at radius 3 is 2.86 bits per heavy atom. The van der Waals surface area contributed by atoms with Crippen LogP contribution in [0.2, 0.25) is 0 Å². The lowest BCUT2D eigenvalue weighted by Crippen LogP contribution is -2.46. The molecule has 5 rings (SSSR count). The lowest BCUT2D eigenvalue weighted by atomic mass is 10.0. The average molecular weight is 389 g/mol. The van der Waals surface area contributed by atoms with Crippen LogP contribution in [-0.2, 0) is 6.54 Å². The van der Waals surface area contributed by atoms with Gasteiger partial charge in [0.1, 0.15) is 12.1 Å². The summed E-state index contributed by atoms with van der Waals surface area (Å²) < 4.78 is 0. The highest BCUT2D eigenvalue weighted by Gasteiger charge is 2.26. The van der Waals surface area contributed by atoms with Crippen LogP contribution in [0.25, 0.3) is 10.9 Å². The summed E-state index contributed by atoms with van der Waals surface area (Å²) in [7, 11) is 0. The molecule has 0 spiro atoms. The number of hydrogen-bond acceptors (Lipinski definition) is 6. The van der Waals surface area contributed by atoms with E-state index in [4.69, 9.17) is 4.98 Å². The van der Waals surface area contributed by atoms with E-state index in [0.717, 1.165) is 49.6 Å². The predicted octanol–water partition coefficient (Wildman–Crippen LogP) is 3.60. The van der Waals surface area contributed by atoms with Crippen LogP contribution in [0.5, 0.6) is 0 Å². The van der Waals surface area contributed by atoms with Gasteiger partial charge in [0.15, 0.2) is 0 Å². The molecule has 0 saturated carbocycles. The normalized spacial score (nSPS) is 18.5. The van der Waals surface area contributed by atoms with Gasteiger partial charge in [-0.15, -0.1) is 0 Å². The summed E-state index contributed by atoms with van der Waals surface area (Å²) in [5.41, 5.74) is 4.73. The molecule has 1 unspecified atom stereocenters. The third-order valence-corrected chi connectivity index (χ3v) is 6.09. The van der Waals surface area contributed by atoms with E-state index >= 15 is 0 Å².